The van der Waals surface area contributed by atoms with Crippen molar-refractivity contribution in [1.82, 2.24) is 9.88 Å². The maximum absolute atomic E-state index is 13.3. The van der Waals surface area contributed by atoms with Crippen molar-refractivity contribution in [2.45, 2.75) is 6.92 Å². The van der Waals surface area contributed by atoms with Crippen LogP contribution in [0, 0.1) is 12.7 Å². The Kier molecular flexibility index (Phi) is 5.63. The van der Waals surface area contributed by atoms with Crippen molar-refractivity contribution in [3.05, 3.63) is 41.3 Å². The number of rotatable bonds is 5. The molecule has 0 aliphatic rings. The number of fused-ring (bicyclic) bond motifs is 1. The van der Waals surface area contributed by atoms with Gasteiger partial charge in [-0.3, -0.25) is 19.4 Å². The summed E-state index contributed by atoms with van der Waals surface area (Å²) in [4.78, 5) is 41.1. The molecular weight excluding hydrogens is 331 g/mol. The average Bonchev–Trinajstić information content (AvgIpc) is 2.59. The summed E-state index contributed by atoms with van der Waals surface area (Å²) in [5, 5.41) is 0.562. The molecule has 7 nitrogen and oxygen atoms in total. The minimum atomic E-state index is -0.675. The summed E-state index contributed by atoms with van der Waals surface area (Å²) in [7, 11) is 2.36. The van der Waals surface area contributed by atoms with Crippen LogP contribution < -0.4 is 0 Å². The molecule has 0 N–H and O–H groups in total. The van der Waals surface area contributed by atoms with Crippen molar-refractivity contribution in [3.63, 3.8) is 0 Å². The number of nitrogens with zero attached hydrogens (tertiary/aromatic N) is 2. The number of amides is 1. The number of hydrogen-bond acceptors (Lipinski definition) is 6. The SMILES string of the molecule is COC(=O)CN(CC(=O)OC)C(=O)c1cc2ccc(F)cc2nc1C. The number of hydrogen-bond donors (Lipinski definition) is 0. The number of carbonyl (C=O) groups excluding carboxylic acids is 3. The Morgan fingerprint density at radius 3 is 2.24 bits per heavy atom. The van der Waals surface area contributed by atoms with E-state index in [1.165, 1.54) is 32.4 Å². The van der Waals surface area contributed by atoms with Crippen LogP contribution in [0.3, 0.4) is 0 Å². The fraction of sp³-hybridized carbons (Fsp3) is 0.294. The monoisotopic (exact) mass is 348 g/mol. The molecule has 0 aliphatic carbocycles. The highest BCUT2D eigenvalue weighted by Gasteiger charge is 2.24. The molecule has 0 unspecified atom stereocenters. The van der Waals surface area contributed by atoms with Gasteiger partial charge in [-0.1, -0.05) is 0 Å². The van der Waals surface area contributed by atoms with Crippen molar-refractivity contribution in [2.24, 2.45) is 0 Å². The molecule has 1 amide bonds. The summed E-state index contributed by atoms with van der Waals surface area (Å²) in [5.41, 5.74) is 0.955. The quantitative estimate of drug-likeness (QED) is 0.761. The third-order valence-electron chi connectivity index (χ3n) is 3.58. The molecule has 1 heterocycles. The highest BCUT2D eigenvalue weighted by Crippen LogP contribution is 2.19. The molecule has 25 heavy (non-hydrogen) atoms. The molecule has 0 bridgehead atoms. The molecule has 1 aromatic carbocycles. The lowest BCUT2D eigenvalue weighted by Gasteiger charge is -2.21. The maximum Gasteiger partial charge on any atom is 0.325 e. The molecule has 0 spiro atoms. The maximum atomic E-state index is 13.3. The van der Waals surface area contributed by atoms with E-state index in [2.05, 4.69) is 14.5 Å². The number of pyridine rings is 1. The van der Waals surface area contributed by atoms with Gasteiger partial charge >= 0.3 is 11.9 Å². The summed E-state index contributed by atoms with van der Waals surface area (Å²) in [6.45, 7) is 0.767. The van der Waals surface area contributed by atoms with Gasteiger partial charge in [0.05, 0.1) is 31.0 Å². The fourth-order valence-corrected chi connectivity index (χ4v) is 2.26. The molecule has 0 saturated heterocycles. The van der Waals surface area contributed by atoms with Gasteiger partial charge in [-0.2, -0.15) is 0 Å². The van der Waals surface area contributed by atoms with Crippen molar-refractivity contribution < 1.29 is 28.2 Å². The highest BCUT2D eigenvalue weighted by molar-refractivity contribution is 6.01. The van der Waals surface area contributed by atoms with E-state index in [1.54, 1.807) is 13.0 Å². The first-order valence-corrected chi connectivity index (χ1v) is 7.35. The molecule has 0 atom stereocenters. The zero-order valence-corrected chi connectivity index (χ0v) is 14.0. The van der Waals surface area contributed by atoms with Crippen LogP contribution in [-0.4, -0.2) is 55.0 Å². The van der Waals surface area contributed by atoms with E-state index in [0.29, 0.717) is 16.6 Å². The van der Waals surface area contributed by atoms with Gasteiger partial charge in [0.15, 0.2) is 0 Å². The smallest absolute Gasteiger partial charge is 0.325 e. The lowest BCUT2D eigenvalue weighted by molar-refractivity contribution is -0.144. The molecule has 132 valence electrons. The number of aryl methyl sites for hydroxylation is 1. The van der Waals surface area contributed by atoms with Crippen LogP contribution >= 0.6 is 0 Å². The lowest BCUT2D eigenvalue weighted by atomic mass is 10.1. The summed E-state index contributed by atoms with van der Waals surface area (Å²) in [6.07, 6.45) is 0. The second kappa shape index (κ2) is 7.69. The molecule has 8 heteroatoms. The number of benzene rings is 1. The lowest BCUT2D eigenvalue weighted by Crippen LogP contribution is -2.40. The first-order valence-electron chi connectivity index (χ1n) is 7.35. The Balaban J connectivity index is 2.41. The molecule has 0 radical (unpaired) electrons. The minimum Gasteiger partial charge on any atom is -0.468 e. The molecule has 2 rings (SSSR count). The highest BCUT2D eigenvalue weighted by atomic mass is 19.1. The third-order valence-corrected chi connectivity index (χ3v) is 3.58. The van der Waals surface area contributed by atoms with E-state index in [0.717, 1.165) is 4.90 Å². The Labute approximate surface area is 143 Å². The van der Waals surface area contributed by atoms with Crippen LogP contribution in [-0.2, 0) is 19.1 Å². The van der Waals surface area contributed by atoms with E-state index in [9.17, 15) is 18.8 Å². The number of ether oxygens (including phenoxy) is 2. The third kappa shape index (κ3) is 4.28. The molecule has 1 aromatic heterocycles. The van der Waals surface area contributed by atoms with Crippen molar-refractivity contribution in [2.75, 3.05) is 27.3 Å². The predicted molar refractivity (Wildman–Crippen MR) is 86.4 cm³/mol. The first-order chi connectivity index (χ1) is 11.8. The van der Waals surface area contributed by atoms with Gasteiger partial charge in [0, 0.05) is 11.5 Å². The second-order valence-corrected chi connectivity index (χ2v) is 5.27. The van der Waals surface area contributed by atoms with Crippen molar-refractivity contribution in [3.8, 4) is 0 Å². The van der Waals surface area contributed by atoms with E-state index in [4.69, 9.17) is 0 Å². The van der Waals surface area contributed by atoms with Gasteiger partial charge in [-0.15, -0.1) is 0 Å². The van der Waals surface area contributed by atoms with Gasteiger partial charge < -0.3 is 14.4 Å². The standard InChI is InChI=1S/C17H17FN2O5/c1-10-13(6-11-4-5-12(18)7-14(11)19-10)17(23)20(8-15(21)24-2)9-16(22)25-3/h4-7H,8-9H2,1-3H3. The van der Waals surface area contributed by atoms with E-state index in [-0.39, 0.29) is 5.56 Å². The zero-order chi connectivity index (χ0) is 18.6. The second-order valence-electron chi connectivity index (χ2n) is 5.27. The van der Waals surface area contributed by atoms with Gasteiger partial charge in [0.1, 0.15) is 18.9 Å². The Hall–Kier alpha value is -3.03. The molecule has 0 saturated carbocycles. The van der Waals surface area contributed by atoms with Gasteiger partial charge in [0.2, 0.25) is 0 Å². The summed E-state index contributed by atoms with van der Waals surface area (Å²) >= 11 is 0. The minimum absolute atomic E-state index is 0.201. The van der Waals surface area contributed by atoms with E-state index in [1.807, 2.05) is 0 Å². The van der Waals surface area contributed by atoms with Crippen LogP contribution in [0.15, 0.2) is 24.3 Å². The normalized spacial score (nSPS) is 10.4. The zero-order valence-electron chi connectivity index (χ0n) is 14.0. The molecule has 0 aliphatic heterocycles. The Bertz CT molecular complexity index is 819. The average molecular weight is 348 g/mol. The number of methoxy groups -OCH3 is 2. The summed E-state index contributed by atoms with van der Waals surface area (Å²) < 4.78 is 22.4. The number of halogens is 1. The number of carbonyl (C=O) groups is 3. The van der Waals surface area contributed by atoms with E-state index < -0.39 is 36.8 Å². The number of aromatic nitrogens is 1. The van der Waals surface area contributed by atoms with E-state index >= 15 is 0 Å². The van der Waals surface area contributed by atoms with Gasteiger partial charge in [-0.05, 0) is 25.1 Å². The van der Waals surface area contributed by atoms with Crippen LogP contribution in [0.4, 0.5) is 4.39 Å². The Morgan fingerprint density at radius 1 is 1.08 bits per heavy atom. The van der Waals surface area contributed by atoms with Crippen LogP contribution in [0.5, 0.6) is 0 Å². The first kappa shape index (κ1) is 18.3. The molecule has 0 fully saturated rings. The van der Waals surface area contributed by atoms with Gasteiger partial charge in [0.25, 0.3) is 5.91 Å². The van der Waals surface area contributed by atoms with Crippen molar-refractivity contribution in [1.29, 1.82) is 0 Å². The van der Waals surface area contributed by atoms with Crippen LogP contribution in [0.1, 0.15) is 16.1 Å². The summed E-state index contributed by atoms with van der Waals surface area (Å²) in [6, 6.07) is 5.56. The number of esters is 2. The fourth-order valence-electron chi connectivity index (χ4n) is 2.26. The van der Waals surface area contributed by atoms with Crippen molar-refractivity contribution >= 4 is 28.7 Å². The largest absolute Gasteiger partial charge is 0.468 e. The predicted octanol–water partition coefficient (Wildman–Crippen LogP) is 1.47. The molecular formula is C17H17FN2O5. The van der Waals surface area contributed by atoms with Gasteiger partial charge in [-0.25, -0.2) is 4.39 Å². The topological polar surface area (TPSA) is 85.8 Å². The molecule has 2 aromatic rings. The summed E-state index contributed by atoms with van der Waals surface area (Å²) in [5.74, 6) is -2.36. The Morgan fingerprint density at radius 2 is 1.68 bits per heavy atom. The van der Waals surface area contributed by atoms with Crippen LogP contribution in [0.25, 0.3) is 10.9 Å². The van der Waals surface area contributed by atoms with Crippen LogP contribution in [0.2, 0.25) is 0 Å².